The highest BCUT2D eigenvalue weighted by Crippen LogP contribution is 1.99. The first-order valence-electron chi connectivity index (χ1n) is 3.17. The molecule has 0 fully saturated rings. The first kappa shape index (κ1) is 8.21. The van der Waals surface area contributed by atoms with Crippen molar-refractivity contribution < 1.29 is 4.42 Å². The quantitative estimate of drug-likeness (QED) is 0.534. The van der Waals surface area contributed by atoms with E-state index in [1.54, 1.807) is 0 Å². The van der Waals surface area contributed by atoms with Crippen LogP contribution in [0.5, 0.6) is 0 Å². The Morgan fingerprint density at radius 2 is 1.89 bits per heavy atom. The van der Waals surface area contributed by atoms with Crippen LogP contribution in [0.25, 0.3) is 0 Å². The zero-order chi connectivity index (χ0) is 7.28. The number of aromatic nitrogens is 1. The lowest BCUT2D eigenvalue weighted by Crippen LogP contribution is -1.69. The van der Waals surface area contributed by atoms with E-state index in [-0.39, 0.29) is 0 Å². The van der Waals surface area contributed by atoms with Crippen LogP contribution in [-0.4, -0.2) is 4.98 Å². The largest absolute Gasteiger partial charge is 0.449 e. The standard InChI is InChI=1S/C5H7NO.C2H6/c1-4-5(2)7-3-6-4;1-2/h3H,1-2H3;1-2H3. The lowest BCUT2D eigenvalue weighted by molar-refractivity contribution is 0.525. The summed E-state index contributed by atoms with van der Waals surface area (Å²) in [6.45, 7) is 7.81. The molecule has 0 bridgehead atoms. The van der Waals surface area contributed by atoms with Crippen molar-refractivity contribution in [3.8, 4) is 0 Å². The molecule has 0 saturated heterocycles. The maximum Gasteiger partial charge on any atom is 0.181 e. The second-order valence-electron chi connectivity index (χ2n) is 1.49. The van der Waals surface area contributed by atoms with Gasteiger partial charge in [0.25, 0.3) is 0 Å². The molecule has 2 heteroatoms. The van der Waals surface area contributed by atoms with Crippen molar-refractivity contribution in [3.05, 3.63) is 17.8 Å². The zero-order valence-electron chi connectivity index (χ0n) is 6.43. The van der Waals surface area contributed by atoms with Crippen molar-refractivity contribution in [2.45, 2.75) is 27.7 Å². The SMILES string of the molecule is CC.Cc1ncoc1C. The molecule has 0 aromatic carbocycles. The highest BCUT2D eigenvalue weighted by atomic mass is 16.3. The van der Waals surface area contributed by atoms with Gasteiger partial charge in [-0.05, 0) is 13.8 Å². The summed E-state index contributed by atoms with van der Waals surface area (Å²) in [5.41, 5.74) is 0.972. The first-order valence-corrected chi connectivity index (χ1v) is 3.17. The molecule has 0 unspecified atom stereocenters. The van der Waals surface area contributed by atoms with Gasteiger partial charge in [0, 0.05) is 0 Å². The molecule has 0 atom stereocenters. The second-order valence-corrected chi connectivity index (χ2v) is 1.49. The van der Waals surface area contributed by atoms with Gasteiger partial charge in [-0.15, -0.1) is 0 Å². The minimum absolute atomic E-state index is 0.903. The van der Waals surface area contributed by atoms with Gasteiger partial charge in [-0.25, -0.2) is 4.98 Å². The van der Waals surface area contributed by atoms with E-state index in [9.17, 15) is 0 Å². The van der Waals surface area contributed by atoms with Gasteiger partial charge in [-0.2, -0.15) is 0 Å². The third kappa shape index (κ3) is 2.31. The summed E-state index contributed by atoms with van der Waals surface area (Å²) in [7, 11) is 0. The number of hydrogen-bond donors (Lipinski definition) is 0. The maximum absolute atomic E-state index is 4.85. The van der Waals surface area contributed by atoms with Crippen LogP contribution in [0.3, 0.4) is 0 Å². The minimum Gasteiger partial charge on any atom is -0.449 e. The second kappa shape index (κ2) is 4.13. The van der Waals surface area contributed by atoms with Crippen LogP contribution in [-0.2, 0) is 0 Å². The molecule has 0 aliphatic carbocycles. The van der Waals surface area contributed by atoms with Crippen LogP contribution in [0.1, 0.15) is 25.3 Å². The molecule has 52 valence electrons. The van der Waals surface area contributed by atoms with E-state index in [1.165, 1.54) is 6.39 Å². The van der Waals surface area contributed by atoms with Gasteiger partial charge in [0.1, 0.15) is 5.76 Å². The Kier molecular flexibility index (Phi) is 3.76. The van der Waals surface area contributed by atoms with Crippen molar-refractivity contribution >= 4 is 0 Å². The van der Waals surface area contributed by atoms with Crippen molar-refractivity contribution in [1.82, 2.24) is 4.98 Å². The van der Waals surface area contributed by atoms with Gasteiger partial charge in [0.2, 0.25) is 0 Å². The van der Waals surface area contributed by atoms with Gasteiger partial charge in [0.15, 0.2) is 6.39 Å². The van der Waals surface area contributed by atoms with Gasteiger partial charge >= 0.3 is 0 Å². The van der Waals surface area contributed by atoms with Crippen molar-refractivity contribution in [2.75, 3.05) is 0 Å². The van der Waals surface area contributed by atoms with Gasteiger partial charge in [0.05, 0.1) is 5.69 Å². The first-order chi connectivity index (χ1) is 4.30. The molecule has 0 amide bonds. The highest BCUT2D eigenvalue weighted by Gasteiger charge is 1.90. The average molecular weight is 127 g/mol. The third-order valence-electron chi connectivity index (χ3n) is 0.985. The van der Waals surface area contributed by atoms with E-state index < -0.39 is 0 Å². The number of aryl methyl sites for hydroxylation is 2. The van der Waals surface area contributed by atoms with E-state index in [0.717, 1.165) is 11.5 Å². The molecule has 0 aliphatic rings. The van der Waals surface area contributed by atoms with E-state index in [4.69, 9.17) is 4.42 Å². The summed E-state index contributed by atoms with van der Waals surface area (Å²) in [6.07, 6.45) is 1.45. The number of rotatable bonds is 0. The predicted molar refractivity (Wildman–Crippen MR) is 37.3 cm³/mol. The van der Waals surface area contributed by atoms with E-state index in [1.807, 2.05) is 27.7 Å². The monoisotopic (exact) mass is 127 g/mol. The topological polar surface area (TPSA) is 26.0 Å². The van der Waals surface area contributed by atoms with Gasteiger partial charge < -0.3 is 4.42 Å². The van der Waals surface area contributed by atoms with E-state index >= 15 is 0 Å². The van der Waals surface area contributed by atoms with Crippen LogP contribution in [0.15, 0.2) is 10.8 Å². The van der Waals surface area contributed by atoms with Gasteiger partial charge in [-0.3, -0.25) is 0 Å². The molecule has 9 heavy (non-hydrogen) atoms. The van der Waals surface area contributed by atoms with Crippen molar-refractivity contribution in [1.29, 1.82) is 0 Å². The summed E-state index contributed by atoms with van der Waals surface area (Å²) in [6, 6.07) is 0. The fourth-order valence-electron chi connectivity index (χ4n) is 0.361. The number of oxazole rings is 1. The van der Waals surface area contributed by atoms with Crippen LogP contribution in [0.2, 0.25) is 0 Å². The third-order valence-corrected chi connectivity index (χ3v) is 0.985. The lowest BCUT2D eigenvalue weighted by atomic mass is 10.4. The summed E-state index contributed by atoms with van der Waals surface area (Å²) in [5.74, 6) is 0.903. The molecule has 0 aliphatic heterocycles. The molecule has 1 heterocycles. The van der Waals surface area contributed by atoms with E-state index in [0.29, 0.717) is 0 Å². The molecule has 2 nitrogen and oxygen atoms in total. The van der Waals surface area contributed by atoms with Crippen LogP contribution in [0, 0.1) is 13.8 Å². The molecule has 1 aromatic heterocycles. The summed E-state index contributed by atoms with van der Waals surface area (Å²) in [4.78, 5) is 3.85. The van der Waals surface area contributed by atoms with Crippen LogP contribution in [0.4, 0.5) is 0 Å². The van der Waals surface area contributed by atoms with E-state index in [2.05, 4.69) is 4.98 Å². The smallest absolute Gasteiger partial charge is 0.181 e. The summed E-state index contributed by atoms with van der Waals surface area (Å²) < 4.78 is 4.85. The van der Waals surface area contributed by atoms with Crippen molar-refractivity contribution in [3.63, 3.8) is 0 Å². The predicted octanol–water partition coefficient (Wildman–Crippen LogP) is 2.32. The fraction of sp³-hybridized carbons (Fsp3) is 0.571. The fourth-order valence-corrected chi connectivity index (χ4v) is 0.361. The Hall–Kier alpha value is -0.790. The average Bonchev–Trinajstić information content (AvgIpc) is 2.23. The Labute approximate surface area is 55.9 Å². The number of hydrogen-bond acceptors (Lipinski definition) is 2. The Morgan fingerprint density at radius 3 is 2.00 bits per heavy atom. The van der Waals surface area contributed by atoms with Crippen LogP contribution < -0.4 is 0 Å². The minimum atomic E-state index is 0.903. The molecular formula is C7H13NO. The van der Waals surface area contributed by atoms with Crippen LogP contribution >= 0.6 is 0 Å². The Balaban J connectivity index is 0.000000291. The Morgan fingerprint density at radius 1 is 1.33 bits per heavy atom. The normalized spacial score (nSPS) is 8.00. The molecule has 0 radical (unpaired) electrons. The van der Waals surface area contributed by atoms with Crippen molar-refractivity contribution in [2.24, 2.45) is 0 Å². The summed E-state index contributed by atoms with van der Waals surface area (Å²) >= 11 is 0. The molecule has 0 spiro atoms. The molecule has 1 aromatic rings. The molecule has 1 rings (SSSR count). The summed E-state index contributed by atoms with van der Waals surface area (Å²) in [5, 5.41) is 0. The molecule has 0 N–H and O–H groups in total. The van der Waals surface area contributed by atoms with Gasteiger partial charge in [-0.1, -0.05) is 13.8 Å². The lowest BCUT2D eigenvalue weighted by Gasteiger charge is -1.76. The Bertz CT molecular complexity index is 141. The maximum atomic E-state index is 4.85. The zero-order valence-corrected chi connectivity index (χ0v) is 6.43. The number of nitrogens with zero attached hydrogens (tertiary/aromatic N) is 1. The highest BCUT2D eigenvalue weighted by molar-refractivity contribution is 5.00. The molecular weight excluding hydrogens is 114 g/mol. The molecule has 0 saturated carbocycles.